The molecule has 1 heterocycles. The van der Waals surface area contributed by atoms with E-state index < -0.39 is 0 Å². The molecule has 0 unspecified atom stereocenters. The number of aliphatic hydroxyl groups excluding tert-OH is 1. The number of hydrogen-bond acceptors (Lipinski definition) is 3. The van der Waals surface area contributed by atoms with Crippen molar-refractivity contribution in [1.82, 2.24) is 10.3 Å². The summed E-state index contributed by atoms with van der Waals surface area (Å²) in [5.74, 6) is 5.25. The summed E-state index contributed by atoms with van der Waals surface area (Å²) in [7, 11) is 0. The molecule has 1 aliphatic rings. The Hall–Kier alpha value is -1.86. The molecule has 1 fully saturated rings. The van der Waals surface area contributed by atoms with Gasteiger partial charge < -0.3 is 10.4 Å². The number of aromatic nitrogens is 1. The van der Waals surface area contributed by atoms with Gasteiger partial charge in [-0.25, -0.2) is 0 Å². The summed E-state index contributed by atoms with van der Waals surface area (Å²) in [6.07, 6.45) is 11.4. The van der Waals surface area contributed by atoms with Gasteiger partial charge in [0.2, 0.25) is 0 Å². The molecule has 0 spiro atoms. The SMILES string of the molecule is O=C(NC1CCCCCCC1)c1ccncc1C#CCO. The van der Waals surface area contributed by atoms with Gasteiger partial charge in [0.15, 0.2) is 0 Å². The first-order valence-corrected chi connectivity index (χ1v) is 7.66. The van der Waals surface area contributed by atoms with Crippen molar-refractivity contribution in [3.8, 4) is 11.8 Å². The largest absolute Gasteiger partial charge is 0.384 e. The zero-order chi connectivity index (χ0) is 14.9. The van der Waals surface area contributed by atoms with Gasteiger partial charge in [-0.15, -0.1) is 0 Å². The van der Waals surface area contributed by atoms with E-state index in [0.29, 0.717) is 11.1 Å². The molecule has 21 heavy (non-hydrogen) atoms. The molecule has 1 aromatic heterocycles. The monoisotopic (exact) mass is 286 g/mol. The Morgan fingerprint density at radius 1 is 1.29 bits per heavy atom. The molecule has 0 aromatic carbocycles. The first-order valence-electron chi connectivity index (χ1n) is 7.66. The van der Waals surface area contributed by atoms with Gasteiger partial charge in [0.25, 0.3) is 5.91 Å². The second-order valence-corrected chi connectivity index (χ2v) is 5.40. The minimum absolute atomic E-state index is 0.0924. The van der Waals surface area contributed by atoms with E-state index in [1.807, 2.05) is 0 Å². The summed E-state index contributed by atoms with van der Waals surface area (Å²) in [5, 5.41) is 11.9. The molecular weight excluding hydrogens is 264 g/mol. The maximum absolute atomic E-state index is 12.4. The molecule has 0 saturated heterocycles. The highest BCUT2D eigenvalue weighted by Crippen LogP contribution is 2.17. The molecule has 1 aliphatic carbocycles. The van der Waals surface area contributed by atoms with E-state index in [4.69, 9.17) is 5.11 Å². The van der Waals surface area contributed by atoms with E-state index in [9.17, 15) is 4.79 Å². The number of aliphatic hydroxyl groups is 1. The number of carbonyl (C=O) groups is 1. The molecular formula is C17H22N2O2. The Labute approximate surface area is 126 Å². The Bertz CT molecular complexity index is 523. The summed E-state index contributed by atoms with van der Waals surface area (Å²) in [6.45, 7) is -0.224. The molecule has 4 heteroatoms. The van der Waals surface area contributed by atoms with Crippen LogP contribution in [0, 0.1) is 11.8 Å². The van der Waals surface area contributed by atoms with E-state index in [1.54, 1.807) is 18.5 Å². The first kappa shape index (κ1) is 15.5. The van der Waals surface area contributed by atoms with Gasteiger partial charge in [-0.05, 0) is 18.9 Å². The maximum atomic E-state index is 12.4. The van der Waals surface area contributed by atoms with Crippen molar-refractivity contribution >= 4 is 5.91 Å². The van der Waals surface area contributed by atoms with Crippen LogP contribution in [0.5, 0.6) is 0 Å². The Balaban J connectivity index is 2.05. The van der Waals surface area contributed by atoms with Gasteiger partial charge in [-0.1, -0.05) is 43.9 Å². The minimum Gasteiger partial charge on any atom is -0.384 e. The predicted molar refractivity (Wildman–Crippen MR) is 81.8 cm³/mol. The highest BCUT2D eigenvalue weighted by molar-refractivity contribution is 5.96. The maximum Gasteiger partial charge on any atom is 0.252 e. The fourth-order valence-electron chi connectivity index (χ4n) is 2.69. The average Bonchev–Trinajstić information content (AvgIpc) is 2.48. The molecule has 2 N–H and O–H groups in total. The van der Waals surface area contributed by atoms with Gasteiger partial charge in [0.05, 0.1) is 11.1 Å². The predicted octanol–water partition coefficient (Wildman–Crippen LogP) is 2.27. The Kier molecular flexibility index (Phi) is 6.23. The van der Waals surface area contributed by atoms with Crippen molar-refractivity contribution in [3.63, 3.8) is 0 Å². The van der Waals surface area contributed by atoms with Crippen molar-refractivity contribution in [2.75, 3.05) is 6.61 Å². The van der Waals surface area contributed by atoms with E-state index in [-0.39, 0.29) is 18.6 Å². The van der Waals surface area contributed by atoms with Crippen LogP contribution in [0.1, 0.15) is 60.9 Å². The second kappa shape index (κ2) is 8.43. The number of carbonyl (C=O) groups excluding carboxylic acids is 1. The van der Waals surface area contributed by atoms with Gasteiger partial charge >= 0.3 is 0 Å². The average molecular weight is 286 g/mol. The second-order valence-electron chi connectivity index (χ2n) is 5.40. The zero-order valence-electron chi connectivity index (χ0n) is 12.3. The van der Waals surface area contributed by atoms with Gasteiger partial charge in [-0.3, -0.25) is 9.78 Å². The Morgan fingerprint density at radius 3 is 2.71 bits per heavy atom. The molecule has 1 aromatic rings. The van der Waals surface area contributed by atoms with Crippen molar-refractivity contribution in [2.24, 2.45) is 0 Å². The van der Waals surface area contributed by atoms with Crippen LogP contribution in [-0.2, 0) is 0 Å². The lowest BCUT2D eigenvalue weighted by Gasteiger charge is -2.21. The fourth-order valence-corrected chi connectivity index (χ4v) is 2.69. The highest BCUT2D eigenvalue weighted by Gasteiger charge is 2.16. The first-order chi connectivity index (χ1) is 10.3. The number of amides is 1. The molecule has 0 atom stereocenters. The van der Waals surface area contributed by atoms with Crippen LogP contribution in [0.2, 0.25) is 0 Å². The van der Waals surface area contributed by atoms with Crippen molar-refractivity contribution in [3.05, 3.63) is 29.6 Å². The standard InChI is InChI=1S/C17H22N2O2/c20-12-6-7-14-13-18-11-10-16(14)17(21)19-15-8-4-2-1-3-5-9-15/h10-11,13,15,20H,1-5,8-9,12H2,(H,19,21). The van der Waals surface area contributed by atoms with Crippen LogP contribution >= 0.6 is 0 Å². The molecule has 1 saturated carbocycles. The number of nitrogens with one attached hydrogen (secondary N) is 1. The van der Waals surface area contributed by atoms with Crippen LogP contribution in [0.4, 0.5) is 0 Å². The topological polar surface area (TPSA) is 62.2 Å². The van der Waals surface area contributed by atoms with E-state index in [1.165, 1.54) is 32.1 Å². The number of pyridine rings is 1. The smallest absolute Gasteiger partial charge is 0.252 e. The summed E-state index contributed by atoms with van der Waals surface area (Å²) in [5.41, 5.74) is 1.10. The van der Waals surface area contributed by atoms with E-state index in [0.717, 1.165) is 12.8 Å². The quantitative estimate of drug-likeness (QED) is 0.820. The summed E-state index contributed by atoms with van der Waals surface area (Å²) < 4.78 is 0. The van der Waals surface area contributed by atoms with Crippen molar-refractivity contribution in [1.29, 1.82) is 0 Å². The molecule has 1 amide bonds. The molecule has 0 radical (unpaired) electrons. The molecule has 0 aliphatic heterocycles. The van der Waals surface area contributed by atoms with Crippen molar-refractivity contribution in [2.45, 2.75) is 51.0 Å². The van der Waals surface area contributed by atoms with Gasteiger partial charge in [-0.2, -0.15) is 0 Å². The van der Waals surface area contributed by atoms with E-state index in [2.05, 4.69) is 22.1 Å². The number of nitrogens with zero attached hydrogens (tertiary/aromatic N) is 1. The molecule has 2 rings (SSSR count). The molecule has 4 nitrogen and oxygen atoms in total. The molecule has 0 bridgehead atoms. The van der Waals surface area contributed by atoms with Crippen LogP contribution in [0.3, 0.4) is 0 Å². The lowest BCUT2D eigenvalue weighted by atomic mass is 9.96. The summed E-state index contributed by atoms with van der Waals surface area (Å²) >= 11 is 0. The fraction of sp³-hybridized carbons (Fsp3) is 0.529. The van der Waals surface area contributed by atoms with Gasteiger partial charge in [0.1, 0.15) is 6.61 Å². The number of hydrogen-bond donors (Lipinski definition) is 2. The third-order valence-corrected chi connectivity index (χ3v) is 3.81. The third kappa shape index (κ3) is 4.87. The third-order valence-electron chi connectivity index (χ3n) is 3.81. The lowest BCUT2D eigenvalue weighted by molar-refractivity contribution is 0.0930. The normalized spacial score (nSPS) is 16.2. The molecule has 112 valence electrons. The lowest BCUT2D eigenvalue weighted by Crippen LogP contribution is -2.35. The van der Waals surface area contributed by atoms with Crippen LogP contribution in [0.25, 0.3) is 0 Å². The van der Waals surface area contributed by atoms with Crippen LogP contribution < -0.4 is 5.32 Å². The van der Waals surface area contributed by atoms with E-state index >= 15 is 0 Å². The highest BCUT2D eigenvalue weighted by atomic mass is 16.2. The number of rotatable bonds is 2. The summed E-state index contributed by atoms with van der Waals surface area (Å²) in [4.78, 5) is 16.4. The summed E-state index contributed by atoms with van der Waals surface area (Å²) in [6, 6.07) is 1.93. The minimum atomic E-state index is -0.224. The zero-order valence-corrected chi connectivity index (χ0v) is 12.3. The van der Waals surface area contributed by atoms with Gasteiger partial charge in [0, 0.05) is 18.4 Å². The Morgan fingerprint density at radius 2 is 2.00 bits per heavy atom. The van der Waals surface area contributed by atoms with Crippen LogP contribution in [-0.4, -0.2) is 28.6 Å². The van der Waals surface area contributed by atoms with Crippen LogP contribution in [0.15, 0.2) is 18.5 Å². The van der Waals surface area contributed by atoms with Crippen molar-refractivity contribution < 1.29 is 9.90 Å².